The van der Waals surface area contributed by atoms with Crippen molar-refractivity contribution >= 4 is 29.6 Å². The molecule has 4 nitrogen and oxygen atoms in total. The summed E-state index contributed by atoms with van der Waals surface area (Å²) in [5.41, 5.74) is 0.904. The standard InChI is InChI=1S/C16H18ClNO3/c1-11-10-13(16(20)21)8-9-18(11)15(19)7-4-12-2-5-14(17)6-3-12/h2-7,11,13H,8-10H2,1H3,(H,20,21)/b7-4+. The number of amides is 1. The van der Waals surface area contributed by atoms with Crippen LogP contribution in [0.5, 0.6) is 0 Å². The van der Waals surface area contributed by atoms with E-state index in [9.17, 15) is 9.59 Å². The number of carboxylic acids is 1. The Morgan fingerprint density at radius 3 is 2.57 bits per heavy atom. The molecule has 0 aromatic heterocycles. The van der Waals surface area contributed by atoms with Crippen molar-refractivity contribution in [3.05, 3.63) is 40.9 Å². The van der Waals surface area contributed by atoms with Gasteiger partial charge in [0.15, 0.2) is 0 Å². The van der Waals surface area contributed by atoms with Gasteiger partial charge in [-0.25, -0.2) is 0 Å². The van der Waals surface area contributed by atoms with Gasteiger partial charge in [0.25, 0.3) is 0 Å². The van der Waals surface area contributed by atoms with E-state index in [2.05, 4.69) is 0 Å². The monoisotopic (exact) mass is 307 g/mol. The predicted molar refractivity (Wildman–Crippen MR) is 82.0 cm³/mol. The van der Waals surface area contributed by atoms with Crippen LogP contribution in [0.25, 0.3) is 6.08 Å². The van der Waals surface area contributed by atoms with Crippen LogP contribution < -0.4 is 0 Å². The molecule has 1 aliphatic rings. The number of carbonyl (C=O) groups is 2. The van der Waals surface area contributed by atoms with Crippen molar-refractivity contribution in [3.8, 4) is 0 Å². The van der Waals surface area contributed by atoms with Crippen molar-refractivity contribution in [2.24, 2.45) is 5.92 Å². The zero-order chi connectivity index (χ0) is 15.4. The molecule has 2 unspecified atom stereocenters. The minimum atomic E-state index is -0.773. The Kier molecular flexibility index (Phi) is 5.02. The first-order chi connectivity index (χ1) is 9.97. The fourth-order valence-electron chi connectivity index (χ4n) is 2.56. The van der Waals surface area contributed by atoms with Crippen molar-refractivity contribution in [2.45, 2.75) is 25.8 Å². The molecule has 1 aromatic rings. The van der Waals surface area contributed by atoms with Crippen molar-refractivity contribution < 1.29 is 14.7 Å². The van der Waals surface area contributed by atoms with Gasteiger partial charge in [-0.05, 0) is 43.5 Å². The normalized spacial score (nSPS) is 22.5. The van der Waals surface area contributed by atoms with E-state index in [1.54, 1.807) is 23.1 Å². The minimum Gasteiger partial charge on any atom is -0.481 e. The molecule has 1 saturated heterocycles. The number of aliphatic carboxylic acids is 1. The molecule has 0 radical (unpaired) electrons. The second kappa shape index (κ2) is 6.76. The van der Waals surface area contributed by atoms with Gasteiger partial charge in [-0.2, -0.15) is 0 Å². The largest absolute Gasteiger partial charge is 0.481 e. The van der Waals surface area contributed by atoms with Crippen LogP contribution in [0.2, 0.25) is 5.02 Å². The number of likely N-dealkylation sites (tertiary alicyclic amines) is 1. The molecule has 1 aliphatic heterocycles. The molecule has 2 rings (SSSR count). The second-order valence-electron chi connectivity index (χ2n) is 5.33. The summed E-state index contributed by atoms with van der Waals surface area (Å²) in [7, 11) is 0. The number of hydrogen-bond donors (Lipinski definition) is 1. The predicted octanol–water partition coefficient (Wildman–Crippen LogP) is 3.06. The van der Waals surface area contributed by atoms with Crippen LogP contribution in [0.15, 0.2) is 30.3 Å². The number of carboxylic acid groups (broad SMARTS) is 1. The van der Waals surface area contributed by atoms with E-state index in [0.717, 1.165) is 5.56 Å². The van der Waals surface area contributed by atoms with E-state index in [1.807, 2.05) is 19.1 Å². The number of benzene rings is 1. The van der Waals surface area contributed by atoms with E-state index in [1.165, 1.54) is 6.08 Å². The molecule has 1 heterocycles. The Hall–Kier alpha value is -1.81. The van der Waals surface area contributed by atoms with Crippen LogP contribution >= 0.6 is 11.6 Å². The van der Waals surface area contributed by atoms with Crippen LogP contribution in [0, 0.1) is 5.92 Å². The lowest BCUT2D eigenvalue weighted by Gasteiger charge is -2.35. The van der Waals surface area contributed by atoms with Crippen molar-refractivity contribution in [2.75, 3.05) is 6.54 Å². The molecule has 21 heavy (non-hydrogen) atoms. The number of halogens is 1. The average Bonchev–Trinajstić information content (AvgIpc) is 2.46. The van der Waals surface area contributed by atoms with Crippen LogP contribution in [0.3, 0.4) is 0 Å². The molecule has 0 bridgehead atoms. The number of hydrogen-bond acceptors (Lipinski definition) is 2. The molecule has 5 heteroatoms. The van der Waals surface area contributed by atoms with E-state index in [4.69, 9.17) is 16.7 Å². The molecule has 0 spiro atoms. The van der Waals surface area contributed by atoms with Crippen LogP contribution in [-0.4, -0.2) is 34.5 Å². The highest BCUT2D eigenvalue weighted by Crippen LogP contribution is 2.23. The van der Waals surface area contributed by atoms with Crippen LogP contribution in [0.4, 0.5) is 0 Å². The highest BCUT2D eigenvalue weighted by atomic mass is 35.5. The highest BCUT2D eigenvalue weighted by molar-refractivity contribution is 6.30. The fourth-order valence-corrected chi connectivity index (χ4v) is 2.69. The van der Waals surface area contributed by atoms with Gasteiger partial charge in [-0.3, -0.25) is 9.59 Å². The topological polar surface area (TPSA) is 57.6 Å². The van der Waals surface area contributed by atoms with Gasteiger partial charge >= 0.3 is 5.97 Å². The first-order valence-corrected chi connectivity index (χ1v) is 7.32. The van der Waals surface area contributed by atoms with Crippen molar-refractivity contribution in [1.82, 2.24) is 4.90 Å². The summed E-state index contributed by atoms with van der Waals surface area (Å²) in [5, 5.41) is 9.68. The minimum absolute atomic E-state index is 0.0535. The van der Waals surface area contributed by atoms with E-state index in [-0.39, 0.29) is 17.9 Å². The molecule has 0 aliphatic carbocycles. The molecule has 0 saturated carbocycles. The van der Waals surface area contributed by atoms with E-state index >= 15 is 0 Å². The average molecular weight is 308 g/mol. The molecule has 112 valence electrons. The van der Waals surface area contributed by atoms with Gasteiger partial charge < -0.3 is 10.0 Å². The molecule has 2 atom stereocenters. The molecule has 1 fully saturated rings. The summed E-state index contributed by atoms with van der Waals surface area (Å²) in [5.74, 6) is -1.20. The van der Waals surface area contributed by atoms with Gasteiger partial charge in [-0.15, -0.1) is 0 Å². The SMILES string of the molecule is CC1CC(C(=O)O)CCN1C(=O)/C=C/c1ccc(Cl)cc1. The first-order valence-electron chi connectivity index (χ1n) is 6.94. The summed E-state index contributed by atoms with van der Waals surface area (Å²) in [4.78, 5) is 24.9. The number of piperidine rings is 1. The van der Waals surface area contributed by atoms with Crippen molar-refractivity contribution in [3.63, 3.8) is 0 Å². The molecular weight excluding hydrogens is 290 g/mol. The second-order valence-corrected chi connectivity index (χ2v) is 5.76. The Labute approximate surface area is 129 Å². The van der Waals surface area contributed by atoms with Crippen LogP contribution in [-0.2, 0) is 9.59 Å². The quantitative estimate of drug-likeness (QED) is 0.873. The Morgan fingerprint density at radius 1 is 1.33 bits per heavy atom. The van der Waals surface area contributed by atoms with E-state index < -0.39 is 5.97 Å². The third-order valence-electron chi connectivity index (χ3n) is 3.80. The zero-order valence-electron chi connectivity index (χ0n) is 11.8. The molecular formula is C16H18ClNO3. The van der Waals surface area contributed by atoms with Gasteiger partial charge in [0, 0.05) is 23.7 Å². The summed E-state index contributed by atoms with van der Waals surface area (Å²) in [6.45, 7) is 2.38. The lowest BCUT2D eigenvalue weighted by Crippen LogP contribution is -2.45. The summed E-state index contributed by atoms with van der Waals surface area (Å²) >= 11 is 5.81. The maximum atomic E-state index is 12.2. The van der Waals surface area contributed by atoms with Crippen LogP contribution in [0.1, 0.15) is 25.3 Å². The Bertz CT molecular complexity index is 553. The van der Waals surface area contributed by atoms with E-state index in [0.29, 0.717) is 24.4 Å². The number of carbonyl (C=O) groups excluding carboxylic acids is 1. The molecule has 1 N–H and O–H groups in total. The summed E-state index contributed by atoms with van der Waals surface area (Å²) in [6.07, 6.45) is 4.30. The molecule has 1 aromatic carbocycles. The lowest BCUT2D eigenvalue weighted by molar-refractivity contribution is -0.146. The van der Waals surface area contributed by atoms with Gasteiger partial charge in [0.1, 0.15) is 0 Å². The first kappa shape index (κ1) is 15.6. The summed E-state index contributed by atoms with van der Waals surface area (Å²) < 4.78 is 0. The van der Waals surface area contributed by atoms with Crippen molar-refractivity contribution in [1.29, 1.82) is 0 Å². The Balaban J connectivity index is 1.97. The third kappa shape index (κ3) is 4.08. The van der Waals surface area contributed by atoms with Gasteiger partial charge in [-0.1, -0.05) is 23.7 Å². The Morgan fingerprint density at radius 2 is 2.00 bits per heavy atom. The maximum Gasteiger partial charge on any atom is 0.306 e. The third-order valence-corrected chi connectivity index (χ3v) is 4.05. The highest BCUT2D eigenvalue weighted by Gasteiger charge is 2.31. The number of rotatable bonds is 3. The summed E-state index contributed by atoms with van der Waals surface area (Å²) in [6, 6.07) is 7.17. The van der Waals surface area contributed by atoms with Gasteiger partial charge in [0.05, 0.1) is 5.92 Å². The fraction of sp³-hybridized carbons (Fsp3) is 0.375. The molecule has 1 amide bonds. The maximum absolute atomic E-state index is 12.2. The smallest absolute Gasteiger partial charge is 0.306 e. The number of nitrogens with zero attached hydrogens (tertiary/aromatic N) is 1. The van der Waals surface area contributed by atoms with Gasteiger partial charge in [0.2, 0.25) is 5.91 Å². The lowest BCUT2D eigenvalue weighted by atomic mass is 9.91. The zero-order valence-corrected chi connectivity index (χ0v) is 12.6.